The van der Waals surface area contributed by atoms with Crippen LogP contribution in [0.4, 0.5) is 0 Å². The largest absolute Gasteiger partial charge is 0.337 e. The van der Waals surface area contributed by atoms with Crippen LogP contribution in [0.3, 0.4) is 0 Å². The zero-order chi connectivity index (χ0) is 20.4. The van der Waals surface area contributed by atoms with E-state index in [0.29, 0.717) is 24.6 Å². The molecule has 30 heavy (non-hydrogen) atoms. The molecule has 0 saturated carbocycles. The zero-order valence-electron chi connectivity index (χ0n) is 17.1. The fourth-order valence-corrected chi connectivity index (χ4v) is 4.41. The van der Waals surface area contributed by atoms with Gasteiger partial charge in [-0.05, 0) is 68.1 Å². The van der Waals surface area contributed by atoms with Crippen molar-refractivity contribution in [2.24, 2.45) is 5.92 Å². The molecule has 1 aliphatic rings. The molecule has 0 radical (unpaired) electrons. The highest BCUT2D eigenvalue weighted by Gasteiger charge is 2.21. The van der Waals surface area contributed by atoms with Crippen molar-refractivity contribution in [1.82, 2.24) is 23.5 Å². The van der Waals surface area contributed by atoms with E-state index in [1.165, 1.54) is 11.7 Å². The van der Waals surface area contributed by atoms with Crippen molar-refractivity contribution in [3.8, 4) is 0 Å². The zero-order valence-corrected chi connectivity index (χ0v) is 18.8. The maximum atomic E-state index is 13.1. The molecule has 2 aromatic heterocycles. The minimum absolute atomic E-state index is 0. The van der Waals surface area contributed by atoms with Crippen LogP contribution in [0.1, 0.15) is 34.3 Å². The van der Waals surface area contributed by atoms with E-state index >= 15 is 0 Å². The monoisotopic (exact) mass is 447 g/mol. The molecule has 0 spiro atoms. The highest BCUT2D eigenvalue weighted by molar-refractivity contribution is 7.00. The van der Waals surface area contributed by atoms with Crippen LogP contribution in [0.2, 0.25) is 0 Å². The van der Waals surface area contributed by atoms with E-state index in [9.17, 15) is 9.59 Å². The van der Waals surface area contributed by atoms with Crippen molar-refractivity contribution >= 4 is 41.1 Å². The molecule has 1 amide bonds. The van der Waals surface area contributed by atoms with Crippen LogP contribution in [0.5, 0.6) is 0 Å². The number of fused-ring (bicyclic) bond motifs is 1. The topological polar surface area (TPSA) is 80.1 Å². The molecule has 9 heteroatoms. The molecule has 1 aromatic carbocycles. The van der Waals surface area contributed by atoms with E-state index in [4.69, 9.17) is 0 Å². The molecule has 0 aliphatic carbocycles. The van der Waals surface area contributed by atoms with E-state index in [1.54, 1.807) is 16.5 Å². The Bertz CT molecular complexity index is 1090. The van der Waals surface area contributed by atoms with Crippen LogP contribution >= 0.6 is 24.1 Å². The average Bonchev–Trinajstić information content (AvgIpc) is 3.19. The molecule has 1 aliphatic heterocycles. The lowest BCUT2D eigenvalue weighted by atomic mass is 9.99. The molecule has 1 saturated heterocycles. The quantitative estimate of drug-likeness (QED) is 0.650. The van der Waals surface area contributed by atoms with Crippen LogP contribution in [-0.4, -0.2) is 44.3 Å². The second-order valence-electron chi connectivity index (χ2n) is 7.79. The third-order valence-corrected chi connectivity index (χ3v) is 6.08. The number of amides is 1. The number of aryl methyl sites for hydroxylation is 1. The summed E-state index contributed by atoms with van der Waals surface area (Å²) in [6, 6.07) is 7.66. The summed E-state index contributed by atoms with van der Waals surface area (Å²) in [6.45, 7) is 4.83. The Kier molecular flexibility index (Phi) is 7.23. The summed E-state index contributed by atoms with van der Waals surface area (Å²) in [4.78, 5) is 27.8. The molecular formula is C21H26ClN5O2S. The molecule has 7 nitrogen and oxygen atoms in total. The number of aromatic nitrogens is 3. The summed E-state index contributed by atoms with van der Waals surface area (Å²) < 4.78 is 10.2. The van der Waals surface area contributed by atoms with E-state index in [-0.39, 0.29) is 29.4 Å². The lowest BCUT2D eigenvalue weighted by Crippen LogP contribution is -2.38. The summed E-state index contributed by atoms with van der Waals surface area (Å²) in [5.41, 5.74) is 3.41. The fourth-order valence-electron chi connectivity index (χ4n) is 3.89. The number of rotatable bonds is 5. The molecule has 1 N–H and O–H groups in total. The van der Waals surface area contributed by atoms with E-state index < -0.39 is 0 Å². The second kappa shape index (κ2) is 9.68. The molecule has 1 fully saturated rings. The summed E-state index contributed by atoms with van der Waals surface area (Å²) in [5, 5.41) is 3.38. The number of nitrogens with one attached hydrogen (secondary N) is 1. The molecule has 4 rings (SSSR count). The van der Waals surface area contributed by atoms with Crippen molar-refractivity contribution in [1.29, 1.82) is 0 Å². The smallest absolute Gasteiger partial charge is 0.263 e. The summed E-state index contributed by atoms with van der Waals surface area (Å²) in [7, 11) is 1.73. The van der Waals surface area contributed by atoms with Crippen molar-refractivity contribution in [2.45, 2.75) is 32.9 Å². The number of benzene rings is 1. The number of pyridine rings is 1. The Hall–Kier alpha value is -2.29. The Morgan fingerprint density at radius 3 is 2.87 bits per heavy atom. The molecule has 1 unspecified atom stereocenters. The third kappa shape index (κ3) is 4.71. The highest BCUT2D eigenvalue weighted by Crippen LogP contribution is 2.16. The Labute approximate surface area is 185 Å². The summed E-state index contributed by atoms with van der Waals surface area (Å²) in [5.74, 6) is 0.170. The number of hydrogen-bond donors (Lipinski definition) is 1. The SMILES string of the molecule is Cc1ccn(CC2CCCNC2)c(=O)c1C(=O)N(C)Cc1ccc2nsnc2c1.Cl. The number of carbonyl (C=O) groups excluding carboxylic acids is 1. The molecule has 160 valence electrons. The van der Waals surface area contributed by atoms with Gasteiger partial charge in [-0.25, -0.2) is 0 Å². The maximum absolute atomic E-state index is 13.1. The van der Waals surface area contributed by atoms with Gasteiger partial charge in [0.05, 0.1) is 11.7 Å². The third-order valence-electron chi connectivity index (χ3n) is 5.53. The van der Waals surface area contributed by atoms with Crippen LogP contribution in [0.15, 0.2) is 35.3 Å². The average molecular weight is 448 g/mol. The van der Waals surface area contributed by atoms with Crippen molar-refractivity contribution < 1.29 is 4.79 Å². The first-order valence-electron chi connectivity index (χ1n) is 9.90. The normalized spacial score (nSPS) is 16.3. The van der Waals surface area contributed by atoms with Crippen LogP contribution in [0.25, 0.3) is 11.0 Å². The minimum Gasteiger partial charge on any atom is -0.337 e. The second-order valence-corrected chi connectivity index (χ2v) is 8.32. The Morgan fingerprint density at radius 2 is 2.10 bits per heavy atom. The van der Waals surface area contributed by atoms with E-state index in [2.05, 4.69) is 14.1 Å². The minimum atomic E-state index is -0.250. The van der Waals surface area contributed by atoms with Crippen molar-refractivity contribution in [3.05, 3.63) is 57.5 Å². The van der Waals surface area contributed by atoms with E-state index in [1.807, 2.05) is 37.4 Å². The van der Waals surface area contributed by atoms with Gasteiger partial charge in [0.1, 0.15) is 16.6 Å². The van der Waals surface area contributed by atoms with Crippen molar-refractivity contribution in [2.75, 3.05) is 20.1 Å². The summed E-state index contributed by atoms with van der Waals surface area (Å²) in [6.07, 6.45) is 4.04. The molecule has 3 aromatic rings. The molecule has 0 bridgehead atoms. The first-order chi connectivity index (χ1) is 14.0. The van der Waals surface area contributed by atoms with Gasteiger partial charge in [-0.3, -0.25) is 9.59 Å². The number of nitrogens with zero attached hydrogens (tertiary/aromatic N) is 4. The number of halogens is 1. The van der Waals surface area contributed by atoms with Gasteiger partial charge in [-0.2, -0.15) is 8.75 Å². The number of hydrogen-bond acceptors (Lipinski definition) is 6. The Balaban J connectivity index is 0.00000256. The lowest BCUT2D eigenvalue weighted by Gasteiger charge is -2.24. The van der Waals surface area contributed by atoms with Crippen molar-refractivity contribution in [3.63, 3.8) is 0 Å². The molecular weight excluding hydrogens is 422 g/mol. The van der Waals surface area contributed by atoms with Gasteiger partial charge in [0.15, 0.2) is 0 Å². The first kappa shape index (κ1) is 22.4. The highest BCUT2D eigenvalue weighted by atomic mass is 35.5. The van der Waals surface area contributed by atoms with E-state index in [0.717, 1.165) is 42.5 Å². The number of piperidine rings is 1. The predicted octanol–water partition coefficient (Wildman–Crippen LogP) is 2.86. The van der Waals surface area contributed by atoms with Gasteiger partial charge in [0.2, 0.25) is 0 Å². The number of carbonyl (C=O) groups is 1. The lowest BCUT2D eigenvalue weighted by molar-refractivity contribution is 0.0781. The maximum Gasteiger partial charge on any atom is 0.263 e. The van der Waals surface area contributed by atoms with Crippen LogP contribution in [0, 0.1) is 12.8 Å². The first-order valence-corrected chi connectivity index (χ1v) is 10.6. The van der Waals surface area contributed by atoms with Gasteiger partial charge in [0, 0.05) is 26.3 Å². The van der Waals surface area contributed by atoms with Crippen LogP contribution < -0.4 is 10.9 Å². The van der Waals surface area contributed by atoms with Crippen LogP contribution in [-0.2, 0) is 13.1 Å². The Morgan fingerprint density at radius 1 is 1.30 bits per heavy atom. The standard InChI is InChI=1S/C21H25N5O2S.ClH/c1-14-7-9-26(13-16-4-3-8-22-11-16)21(28)19(14)20(27)25(2)12-15-5-6-17-18(10-15)24-29-23-17;/h5-7,9-10,16,22H,3-4,8,11-13H2,1-2H3;1H. The summed E-state index contributed by atoms with van der Waals surface area (Å²) >= 11 is 1.17. The molecule has 1 atom stereocenters. The van der Waals surface area contributed by atoms with Gasteiger partial charge in [-0.15, -0.1) is 12.4 Å². The fraction of sp³-hybridized carbons (Fsp3) is 0.429. The predicted molar refractivity (Wildman–Crippen MR) is 121 cm³/mol. The van der Waals surface area contributed by atoms with Gasteiger partial charge in [0.25, 0.3) is 11.5 Å². The van der Waals surface area contributed by atoms with Gasteiger partial charge >= 0.3 is 0 Å². The van der Waals surface area contributed by atoms with Gasteiger partial charge < -0.3 is 14.8 Å². The molecule has 3 heterocycles. The van der Waals surface area contributed by atoms with Gasteiger partial charge in [-0.1, -0.05) is 6.07 Å².